The number of aliphatic hydroxyl groups is 1. The van der Waals surface area contributed by atoms with Gasteiger partial charge in [0.15, 0.2) is 0 Å². The molecule has 0 fully saturated rings. The van der Waals surface area contributed by atoms with Crippen LogP contribution in [0.2, 0.25) is 0 Å². The maximum atomic E-state index is 10.4. The van der Waals surface area contributed by atoms with Crippen LogP contribution in [0.25, 0.3) is 0 Å². The van der Waals surface area contributed by atoms with Gasteiger partial charge >= 0.3 is 0 Å². The van der Waals surface area contributed by atoms with Crippen LogP contribution in [0.4, 0.5) is 0 Å². The van der Waals surface area contributed by atoms with E-state index in [4.69, 9.17) is 9.47 Å². The zero-order chi connectivity index (χ0) is 15.2. The summed E-state index contributed by atoms with van der Waals surface area (Å²) in [4.78, 5) is 1.10. The van der Waals surface area contributed by atoms with E-state index in [1.54, 1.807) is 32.0 Å². The first-order valence-electron chi connectivity index (χ1n) is 6.42. The number of hydrogen-bond donors (Lipinski definition) is 1. The summed E-state index contributed by atoms with van der Waals surface area (Å²) in [5.41, 5.74) is 0.736. The van der Waals surface area contributed by atoms with Gasteiger partial charge in [-0.25, -0.2) is 0 Å². The molecule has 1 atom stereocenters. The molecule has 2 aromatic rings. The van der Waals surface area contributed by atoms with E-state index < -0.39 is 6.10 Å². The minimum Gasteiger partial charge on any atom is -0.497 e. The predicted molar refractivity (Wildman–Crippen MR) is 89.4 cm³/mol. The lowest BCUT2D eigenvalue weighted by molar-refractivity contribution is 0.198. The summed E-state index contributed by atoms with van der Waals surface area (Å²) in [6, 6.07) is 13.4. The third-order valence-electron chi connectivity index (χ3n) is 3.00. The van der Waals surface area contributed by atoms with Crippen molar-refractivity contribution >= 4 is 27.7 Å². The quantitative estimate of drug-likeness (QED) is 0.771. The molecule has 1 N–H and O–H groups in total. The molecule has 0 spiro atoms. The zero-order valence-electron chi connectivity index (χ0n) is 11.9. The molecule has 2 rings (SSSR count). The second kappa shape index (κ2) is 7.73. The van der Waals surface area contributed by atoms with E-state index in [9.17, 15) is 5.11 Å². The third-order valence-corrected chi connectivity index (χ3v) is 4.56. The fraction of sp³-hybridized carbons (Fsp3) is 0.250. The third kappa shape index (κ3) is 4.40. The molecule has 0 saturated carbocycles. The van der Waals surface area contributed by atoms with Gasteiger partial charge in [-0.15, -0.1) is 11.8 Å². The van der Waals surface area contributed by atoms with Crippen molar-refractivity contribution in [2.45, 2.75) is 11.0 Å². The Morgan fingerprint density at radius 2 is 1.95 bits per heavy atom. The van der Waals surface area contributed by atoms with E-state index >= 15 is 0 Å². The Morgan fingerprint density at radius 3 is 2.62 bits per heavy atom. The molecule has 0 bridgehead atoms. The van der Waals surface area contributed by atoms with Crippen LogP contribution in [-0.2, 0) is 0 Å². The summed E-state index contributed by atoms with van der Waals surface area (Å²) < 4.78 is 11.5. The molecule has 1 unspecified atom stereocenters. The Balaban J connectivity index is 2.10. The molecule has 112 valence electrons. The first kappa shape index (κ1) is 16.2. The highest BCUT2D eigenvalue weighted by molar-refractivity contribution is 9.10. The van der Waals surface area contributed by atoms with Crippen molar-refractivity contribution in [3.05, 3.63) is 52.5 Å². The number of rotatable bonds is 6. The largest absolute Gasteiger partial charge is 0.497 e. The van der Waals surface area contributed by atoms with E-state index in [-0.39, 0.29) is 0 Å². The monoisotopic (exact) mass is 368 g/mol. The molecule has 0 aromatic heterocycles. The highest BCUT2D eigenvalue weighted by Gasteiger charge is 2.15. The lowest BCUT2D eigenvalue weighted by atomic mass is 10.1. The van der Waals surface area contributed by atoms with Crippen LogP contribution in [0.1, 0.15) is 11.7 Å². The summed E-state index contributed by atoms with van der Waals surface area (Å²) in [5.74, 6) is 1.91. The fourth-order valence-corrected chi connectivity index (χ4v) is 3.39. The summed E-state index contributed by atoms with van der Waals surface area (Å²) in [6.07, 6.45) is -0.626. The van der Waals surface area contributed by atoms with Gasteiger partial charge in [-0.2, -0.15) is 0 Å². The molecule has 0 aliphatic carbocycles. The summed E-state index contributed by atoms with van der Waals surface area (Å²) in [6.45, 7) is 0. The van der Waals surface area contributed by atoms with E-state index in [0.29, 0.717) is 17.3 Å². The van der Waals surface area contributed by atoms with E-state index in [0.717, 1.165) is 14.9 Å². The number of halogens is 1. The Morgan fingerprint density at radius 1 is 1.14 bits per heavy atom. The zero-order valence-corrected chi connectivity index (χ0v) is 14.3. The minimum absolute atomic E-state index is 0.542. The van der Waals surface area contributed by atoms with Gasteiger partial charge in [-0.1, -0.05) is 22.0 Å². The Hall–Kier alpha value is -1.17. The number of methoxy groups -OCH3 is 2. The molecular weight excluding hydrogens is 352 g/mol. The predicted octanol–water partition coefficient (Wildman–Crippen LogP) is 4.29. The molecule has 0 heterocycles. The van der Waals surface area contributed by atoms with Gasteiger partial charge in [0.05, 0.1) is 20.3 Å². The van der Waals surface area contributed by atoms with Crippen LogP contribution in [0.3, 0.4) is 0 Å². The van der Waals surface area contributed by atoms with E-state index in [2.05, 4.69) is 15.9 Å². The molecular formula is C16H17BrO3S. The standard InChI is InChI=1S/C16H17BrO3S/c1-19-12-6-7-16(20-2)14(9-12)15(18)10-21-13-5-3-4-11(17)8-13/h3-9,15,18H,10H2,1-2H3. The van der Waals surface area contributed by atoms with Crippen molar-refractivity contribution in [2.24, 2.45) is 0 Å². The van der Waals surface area contributed by atoms with E-state index in [1.807, 2.05) is 36.4 Å². The molecule has 21 heavy (non-hydrogen) atoms. The van der Waals surface area contributed by atoms with Crippen molar-refractivity contribution in [1.29, 1.82) is 0 Å². The Kier molecular flexibility index (Phi) is 5.96. The van der Waals surface area contributed by atoms with Gasteiger partial charge in [0.1, 0.15) is 11.5 Å². The van der Waals surface area contributed by atoms with Crippen molar-refractivity contribution in [2.75, 3.05) is 20.0 Å². The molecule has 5 heteroatoms. The second-order valence-electron chi connectivity index (χ2n) is 4.39. The van der Waals surface area contributed by atoms with Crippen LogP contribution in [0.5, 0.6) is 11.5 Å². The molecule has 3 nitrogen and oxygen atoms in total. The normalized spacial score (nSPS) is 12.0. The molecule has 0 amide bonds. The number of ether oxygens (including phenoxy) is 2. The second-order valence-corrected chi connectivity index (χ2v) is 6.40. The van der Waals surface area contributed by atoms with Crippen molar-refractivity contribution in [1.82, 2.24) is 0 Å². The number of hydrogen-bond acceptors (Lipinski definition) is 4. The van der Waals surface area contributed by atoms with E-state index in [1.165, 1.54) is 0 Å². The lowest BCUT2D eigenvalue weighted by Gasteiger charge is -2.15. The van der Waals surface area contributed by atoms with Crippen LogP contribution >= 0.6 is 27.7 Å². The number of aliphatic hydroxyl groups excluding tert-OH is 1. The molecule has 0 radical (unpaired) electrons. The van der Waals surface area contributed by atoms with Gasteiger partial charge in [0.2, 0.25) is 0 Å². The smallest absolute Gasteiger partial charge is 0.124 e. The topological polar surface area (TPSA) is 38.7 Å². The van der Waals surface area contributed by atoms with Gasteiger partial charge < -0.3 is 14.6 Å². The summed E-state index contributed by atoms with van der Waals surface area (Å²) >= 11 is 5.04. The van der Waals surface area contributed by atoms with Crippen molar-refractivity contribution in [3.8, 4) is 11.5 Å². The maximum absolute atomic E-state index is 10.4. The van der Waals surface area contributed by atoms with Crippen LogP contribution < -0.4 is 9.47 Å². The first-order valence-corrected chi connectivity index (χ1v) is 8.20. The van der Waals surface area contributed by atoms with Gasteiger partial charge in [-0.05, 0) is 36.4 Å². The summed E-state index contributed by atoms with van der Waals surface area (Å²) in [7, 11) is 3.20. The van der Waals surface area contributed by atoms with Crippen LogP contribution in [0, 0.1) is 0 Å². The molecule has 2 aromatic carbocycles. The fourth-order valence-electron chi connectivity index (χ4n) is 1.92. The highest BCUT2D eigenvalue weighted by Crippen LogP contribution is 2.33. The molecule has 0 aliphatic heterocycles. The van der Waals surface area contributed by atoms with Gasteiger partial charge in [0, 0.05) is 20.7 Å². The SMILES string of the molecule is COc1ccc(OC)c(C(O)CSc2cccc(Br)c2)c1. The first-order chi connectivity index (χ1) is 10.1. The maximum Gasteiger partial charge on any atom is 0.124 e. The molecule has 0 saturated heterocycles. The highest BCUT2D eigenvalue weighted by atomic mass is 79.9. The minimum atomic E-state index is -0.626. The Labute approximate surface area is 137 Å². The number of benzene rings is 2. The van der Waals surface area contributed by atoms with Crippen molar-refractivity contribution in [3.63, 3.8) is 0 Å². The average molecular weight is 369 g/mol. The lowest BCUT2D eigenvalue weighted by Crippen LogP contribution is -2.04. The Bertz CT molecular complexity index is 604. The molecule has 0 aliphatic rings. The number of thioether (sulfide) groups is 1. The van der Waals surface area contributed by atoms with Gasteiger partial charge in [0.25, 0.3) is 0 Å². The average Bonchev–Trinajstić information content (AvgIpc) is 2.52. The van der Waals surface area contributed by atoms with Crippen molar-refractivity contribution < 1.29 is 14.6 Å². The van der Waals surface area contributed by atoms with Crippen LogP contribution in [0.15, 0.2) is 51.8 Å². The summed E-state index contributed by atoms with van der Waals surface area (Å²) in [5, 5.41) is 10.4. The van der Waals surface area contributed by atoms with Gasteiger partial charge in [-0.3, -0.25) is 0 Å². The van der Waals surface area contributed by atoms with Crippen LogP contribution in [-0.4, -0.2) is 25.1 Å².